The molecule has 0 amide bonds. The average molecular weight is 234 g/mol. The van der Waals surface area contributed by atoms with Crippen LogP contribution in [0.15, 0.2) is 0 Å². The third-order valence-corrected chi connectivity index (χ3v) is 3.23. The predicted octanol–water partition coefficient (Wildman–Crippen LogP) is 0.781. The van der Waals surface area contributed by atoms with Gasteiger partial charge in [-0.05, 0) is 26.9 Å². The van der Waals surface area contributed by atoms with Crippen LogP contribution in [-0.4, -0.2) is 45.5 Å². The maximum Gasteiger partial charge on any atom is 0.182 e. The van der Waals surface area contributed by atoms with E-state index >= 15 is 0 Å². The average Bonchev–Trinajstić information content (AvgIpc) is 2.95. The SMILES string of the molecule is CN(C)CCn1nc(C2CC2)c2c(N)[nH]nc21. The van der Waals surface area contributed by atoms with E-state index in [-0.39, 0.29) is 0 Å². The summed E-state index contributed by atoms with van der Waals surface area (Å²) in [6, 6.07) is 0. The second-order valence-corrected chi connectivity index (χ2v) is 5.02. The highest BCUT2D eigenvalue weighted by Crippen LogP contribution is 2.43. The summed E-state index contributed by atoms with van der Waals surface area (Å²) in [5.41, 5.74) is 7.95. The first-order valence-corrected chi connectivity index (χ1v) is 6.02. The van der Waals surface area contributed by atoms with Gasteiger partial charge in [0.2, 0.25) is 0 Å². The maximum absolute atomic E-state index is 5.93. The smallest absolute Gasteiger partial charge is 0.182 e. The number of anilines is 1. The van der Waals surface area contributed by atoms with Crippen LogP contribution in [0.5, 0.6) is 0 Å². The van der Waals surface area contributed by atoms with Gasteiger partial charge in [-0.1, -0.05) is 0 Å². The lowest BCUT2D eigenvalue weighted by Gasteiger charge is -2.08. The van der Waals surface area contributed by atoms with E-state index in [4.69, 9.17) is 5.73 Å². The molecule has 6 heteroatoms. The topological polar surface area (TPSA) is 75.8 Å². The van der Waals surface area contributed by atoms with E-state index < -0.39 is 0 Å². The largest absolute Gasteiger partial charge is 0.383 e. The molecule has 0 atom stereocenters. The molecule has 6 nitrogen and oxygen atoms in total. The second kappa shape index (κ2) is 3.73. The third-order valence-electron chi connectivity index (χ3n) is 3.23. The number of likely N-dealkylation sites (N-methyl/N-ethyl adjacent to an activating group) is 1. The Labute approximate surface area is 99.8 Å². The Morgan fingerprint density at radius 2 is 2.24 bits per heavy atom. The standard InChI is InChI=1S/C11H18N6/c1-16(2)5-6-17-11-8(10(12)13-14-11)9(15-17)7-3-4-7/h7H,3-6H2,1-2H3,(H3,12,13,14). The van der Waals surface area contributed by atoms with Crippen molar-refractivity contribution in [3.63, 3.8) is 0 Å². The number of nitrogen functional groups attached to an aromatic ring is 1. The van der Waals surface area contributed by atoms with Crippen LogP contribution in [-0.2, 0) is 6.54 Å². The summed E-state index contributed by atoms with van der Waals surface area (Å²) in [5.74, 6) is 1.25. The molecule has 0 aromatic carbocycles. The van der Waals surface area contributed by atoms with Crippen molar-refractivity contribution < 1.29 is 0 Å². The molecule has 1 aliphatic carbocycles. The van der Waals surface area contributed by atoms with Crippen molar-refractivity contribution in [3.8, 4) is 0 Å². The second-order valence-electron chi connectivity index (χ2n) is 5.02. The third kappa shape index (κ3) is 1.78. The zero-order chi connectivity index (χ0) is 12.0. The Hall–Kier alpha value is -1.56. The zero-order valence-electron chi connectivity index (χ0n) is 10.3. The summed E-state index contributed by atoms with van der Waals surface area (Å²) in [4.78, 5) is 2.14. The molecule has 3 rings (SSSR count). The summed E-state index contributed by atoms with van der Waals surface area (Å²) in [6.07, 6.45) is 2.45. The molecule has 2 aromatic rings. The number of nitrogens with zero attached hydrogens (tertiary/aromatic N) is 4. The van der Waals surface area contributed by atoms with E-state index in [1.54, 1.807) is 0 Å². The Balaban J connectivity index is 2.00. The van der Waals surface area contributed by atoms with E-state index in [0.29, 0.717) is 11.7 Å². The number of nitrogens with one attached hydrogen (secondary N) is 1. The zero-order valence-corrected chi connectivity index (χ0v) is 10.3. The molecule has 2 aromatic heterocycles. The van der Waals surface area contributed by atoms with Crippen LogP contribution < -0.4 is 5.73 Å². The highest BCUT2D eigenvalue weighted by Gasteiger charge is 2.31. The Kier molecular flexibility index (Phi) is 2.32. The van der Waals surface area contributed by atoms with Gasteiger partial charge in [-0.2, -0.15) is 10.2 Å². The maximum atomic E-state index is 5.93. The van der Waals surface area contributed by atoms with E-state index in [9.17, 15) is 0 Å². The first-order valence-electron chi connectivity index (χ1n) is 6.02. The number of hydrogen-bond donors (Lipinski definition) is 2. The molecule has 0 radical (unpaired) electrons. The lowest BCUT2D eigenvalue weighted by molar-refractivity contribution is 0.375. The van der Waals surface area contributed by atoms with Crippen LogP contribution in [0.2, 0.25) is 0 Å². The summed E-state index contributed by atoms with van der Waals surface area (Å²) >= 11 is 0. The Bertz CT molecular complexity index is 533. The molecule has 17 heavy (non-hydrogen) atoms. The summed E-state index contributed by atoms with van der Waals surface area (Å²) in [6.45, 7) is 1.80. The molecule has 0 spiro atoms. The fraction of sp³-hybridized carbons (Fsp3) is 0.636. The van der Waals surface area contributed by atoms with Gasteiger partial charge in [0.05, 0.1) is 17.6 Å². The van der Waals surface area contributed by atoms with Crippen molar-refractivity contribution in [3.05, 3.63) is 5.69 Å². The summed E-state index contributed by atoms with van der Waals surface area (Å²) < 4.78 is 1.97. The van der Waals surface area contributed by atoms with Crippen molar-refractivity contribution in [1.29, 1.82) is 0 Å². The molecular formula is C11H18N6. The predicted molar refractivity (Wildman–Crippen MR) is 66.8 cm³/mol. The number of aromatic amines is 1. The van der Waals surface area contributed by atoms with Crippen LogP contribution in [0.4, 0.5) is 5.82 Å². The quantitative estimate of drug-likeness (QED) is 0.819. The minimum absolute atomic E-state index is 0.595. The van der Waals surface area contributed by atoms with Gasteiger partial charge in [-0.25, -0.2) is 4.68 Å². The first kappa shape index (κ1) is 10.6. The molecule has 1 fully saturated rings. The van der Waals surface area contributed by atoms with Gasteiger partial charge in [0.1, 0.15) is 5.82 Å². The molecule has 0 aliphatic heterocycles. The van der Waals surface area contributed by atoms with Gasteiger partial charge in [0.25, 0.3) is 0 Å². The van der Waals surface area contributed by atoms with E-state index in [1.807, 2.05) is 4.68 Å². The molecule has 0 bridgehead atoms. The molecule has 92 valence electrons. The van der Waals surface area contributed by atoms with Gasteiger partial charge in [-0.3, -0.25) is 5.10 Å². The monoisotopic (exact) mass is 234 g/mol. The molecule has 0 saturated heterocycles. The van der Waals surface area contributed by atoms with Gasteiger partial charge in [0, 0.05) is 12.5 Å². The van der Waals surface area contributed by atoms with Gasteiger partial charge >= 0.3 is 0 Å². The minimum atomic E-state index is 0.595. The number of aromatic nitrogens is 4. The lowest BCUT2D eigenvalue weighted by atomic mass is 10.2. The summed E-state index contributed by atoms with van der Waals surface area (Å²) in [5, 5.41) is 12.8. The van der Waals surface area contributed by atoms with Crippen molar-refractivity contribution in [2.24, 2.45) is 0 Å². The van der Waals surface area contributed by atoms with Crippen molar-refractivity contribution >= 4 is 16.9 Å². The fourth-order valence-corrected chi connectivity index (χ4v) is 2.11. The van der Waals surface area contributed by atoms with Crippen LogP contribution >= 0.6 is 0 Å². The molecular weight excluding hydrogens is 216 g/mol. The minimum Gasteiger partial charge on any atom is -0.383 e. The Morgan fingerprint density at radius 1 is 1.47 bits per heavy atom. The molecule has 1 saturated carbocycles. The van der Waals surface area contributed by atoms with E-state index in [0.717, 1.165) is 29.8 Å². The normalized spacial score (nSPS) is 16.2. The van der Waals surface area contributed by atoms with Gasteiger partial charge < -0.3 is 10.6 Å². The summed E-state index contributed by atoms with van der Waals surface area (Å²) in [7, 11) is 4.11. The van der Waals surface area contributed by atoms with Crippen LogP contribution in [0.1, 0.15) is 24.5 Å². The highest BCUT2D eigenvalue weighted by molar-refractivity contribution is 5.89. The molecule has 3 N–H and O–H groups in total. The molecule has 2 heterocycles. The van der Waals surface area contributed by atoms with Crippen LogP contribution in [0.3, 0.4) is 0 Å². The van der Waals surface area contributed by atoms with E-state index in [2.05, 4.69) is 34.3 Å². The number of fused-ring (bicyclic) bond motifs is 1. The van der Waals surface area contributed by atoms with Crippen LogP contribution in [0, 0.1) is 0 Å². The number of hydrogen-bond acceptors (Lipinski definition) is 4. The van der Waals surface area contributed by atoms with Crippen molar-refractivity contribution in [2.45, 2.75) is 25.3 Å². The van der Waals surface area contributed by atoms with Gasteiger partial charge in [-0.15, -0.1) is 0 Å². The molecule has 0 unspecified atom stereocenters. The molecule has 1 aliphatic rings. The lowest BCUT2D eigenvalue weighted by Crippen LogP contribution is -2.19. The van der Waals surface area contributed by atoms with Crippen molar-refractivity contribution in [1.82, 2.24) is 24.9 Å². The van der Waals surface area contributed by atoms with Gasteiger partial charge in [0.15, 0.2) is 5.65 Å². The number of rotatable bonds is 4. The van der Waals surface area contributed by atoms with Crippen molar-refractivity contribution in [2.75, 3.05) is 26.4 Å². The van der Waals surface area contributed by atoms with Crippen LogP contribution in [0.25, 0.3) is 11.0 Å². The number of H-pyrrole nitrogens is 1. The highest BCUT2D eigenvalue weighted by atomic mass is 15.4. The fourth-order valence-electron chi connectivity index (χ4n) is 2.11. The first-order chi connectivity index (χ1) is 8.16. The number of nitrogens with two attached hydrogens (primary N) is 1. The van der Waals surface area contributed by atoms with E-state index in [1.165, 1.54) is 12.8 Å². The Morgan fingerprint density at radius 3 is 2.88 bits per heavy atom.